The van der Waals surface area contributed by atoms with Crippen LogP contribution in [0.5, 0.6) is 0 Å². The van der Waals surface area contributed by atoms with Crippen molar-refractivity contribution in [2.45, 2.75) is 37.6 Å². The Labute approximate surface area is 168 Å². The fourth-order valence-corrected chi connectivity index (χ4v) is 5.56. The Morgan fingerprint density at radius 3 is 2.39 bits per heavy atom. The zero-order chi connectivity index (χ0) is 19.3. The summed E-state index contributed by atoms with van der Waals surface area (Å²) in [6.45, 7) is 0. The molecule has 0 amide bonds. The van der Waals surface area contributed by atoms with Gasteiger partial charge in [0.1, 0.15) is 0 Å². The Balaban J connectivity index is 1.80. The van der Waals surface area contributed by atoms with Gasteiger partial charge in [-0.05, 0) is 57.9 Å². The molecule has 3 aromatic rings. The molecule has 1 heteroatoms. The molecule has 2 unspecified atom stereocenters. The van der Waals surface area contributed by atoms with Gasteiger partial charge in [-0.1, -0.05) is 66.7 Å². The van der Waals surface area contributed by atoms with Crippen LogP contribution >= 0.6 is 0 Å². The van der Waals surface area contributed by atoms with Gasteiger partial charge in [0, 0.05) is 6.42 Å². The lowest BCUT2D eigenvalue weighted by atomic mass is 9.72. The number of allylic oxidation sites excluding steroid dienone is 1. The Kier molecular flexibility index (Phi) is 4.17. The number of hydrogen-bond acceptors (Lipinski definition) is 0. The highest BCUT2D eigenvalue weighted by molar-refractivity contribution is 5.93. The van der Waals surface area contributed by atoms with Crippen LogP contribution in [0, 0.1) is 0 Å². The molecule has 0 aliphatic heterocycles. The van der Waals surface area contributed by atoms with Gasteiger partial charge in [0.25, 0.3) is 0 Å². The predicted molar refractivity (Wildman–Crippen MR) is 120 cm³/mol. The maximum absolute atomic E-state index is 2.43. The van der Waals surface area contributed by atoms with Crippen molar-refractivity contribution in [2.24, 2.45) is 0 Å². The zero-order valence-corrected chi connectivity index (χ0v) is 17.3. The van der Waals surface area contributed by atoms with Gasteiger partial charge in [0.15, 0.2) is 0 Å². The first-order valence-electron chi connectivity index (χ1n) is 10.6. The van der Waals surface area contributed by atoms with Crippen LogP contribution in [-0.4, -0.2) is 31.7 Å². The van der Waals surface area contributed by atoms with Crippen LogP contribution in [0.4, 0.5) is 0 Å². The summed E-state index contributed by atoms with van der Waals surface area (Å²) in [5.41, 5.74) is 7.56. The standard InChI is InChI=1S/C27H30N/c1-28(2,3)25-18-15-21-14-16-23-22-12-8-7-9-19(22)13-17-24(23)26(21)27(25)20-10-5-4-6-11-20/h4-7,9-11,13-14,16-17,25,27H,8,12,15,18H2,1-3H3/q+1. The quantitative estimate of drug-likeness (QED) is 0.490. The fourth-order valence-electron chi connectivity index (χ4n) is 5.56. The topological polar surface area (TPSA) is 0 Å². The van der Waals surface area contributed by atoms with E-state index in [0.717, 1.165) is 17.3 Å². The van der Waals surface area contributed by atoms with Crippen LogP contribution in [-0.2, 0) is 12.8 Å². The number of aryl methyl sites for hydroxylation is 2. The number of benzene rings is 3. The van der Waals surface area contributed by atoms with Crippen molar-refractivity contribution in [3.8, 4) is 0 Å². The summed E-state index contributed by atoms with van der Waals surface area (Å²) in [4.78, 5) is 0. The Hall–Kier alpha value is -2.38. The van der Waals surface area contributed by atoms with E-state index in [4.69, 9.17) is 0 Å². The Morgan fingerprint density at radius 1 is 0.821 bits per heavy atom. The summed E-state index contributed by atoms with van der Waals surface area (Å²) in [6, 6.07) is 21.4. The molecule has 2 aliphatic rings. The van der Waals surface area contributed by atoms with Crippen LogP contribution in [0.25, 0.3) is 16.8 Å². The molecule has 2 atom stereocenters. The van der Waals surface area contributed by atoms with Gasteiger partial charge in [0.2, 0.25) is 0 Å². The first kappa shape index (κ1) is 17.7. The van der Waals surface area contributed by atoms with Gasteiger partial charge in [-0.25, -0.2) is 0 Å². The lowest BCUT2D eigenvalue weighted by Crippen LogP contribution is -2.50. The van der Waals surface area contributed by atoms with Gasteiger partial charge in [-0.2, -0.15) is 0 Å². The molecule has 28 heavy (non-hydrogen) atoms. The molecule has 0 saturated heterocycles. The highest BCUT2D eigenvalue weighted by Crippen LogP contribution is 2.45. The molecule has 0 bridgehead atoms. The minimum Gasteiger partial charge on any atom is -0.328 e. The molecule has 3 aromatic carbocycles. The van der Waals surface area contributed by atoms with E-state index in [9.17, 15) is 0 Å². The van der Waals surface area contributed by atoms with E-state index >= 15 is 0 Å². The van der Waals surface area contributed by atoms with E-state index in [0.29, 0.717) is 12.0 Å². The summed E-state index contributed by atoms with van der Waals surface area (Å²) >= 11 is 0. The maximum Gasteiger partial charge on any atom is 0.0998 e. The van der Waals surface area contributed by atoms with Crippen LogP contribution in [0.1, 0.15) is 46.6 Å². The maximum atomic E-state index is 2.43. The van der Waals surface area contributed by atoms with Crippen molar-refractivity contribution in [3.63, 3.8) is 0 Å². The number of nitrogens with zero attached hydrogens (tertiary/aromatic N) is 1. The molecule has 142 valence electrons. The molecule has 0 fully saturated rings. The van der Waals surface area contributed by atoms with Gasteiger partial charge in [-0.3, -0.25) is 0 Å². The van der Waals surface area contributed by atoms with Crippen molar-refractivity contribution in [3.05, 3.63) is 88.5 Å². The summed E-state index contributed by atoms with van der Waals surface area (Å²) in [7, 11) is 7.09. The van der Waals surface area contributed by atoms with E-state index in [1.165, 1.54) is 34.7 Å². The molecule has 0 aromatic heterocycles. The third kappa shape index (κ3) is 2.81. The van der Waals surface area contributed by atoms with Crippen molar-refractivity contribution in [1.29, 1.82) is 0 Å². The molecule has 2 aliphatic carbocycles. The molecular weight excluding hydrogens is 338 g/mol. The van der Waals surface area contributed by atoms with Gasteiger partial charge in [-0.15, -0.1) is 0 Å². The molecule has 1 nitrogen and oxygen atoms in total. The number of rotatable bonds is 2. The van der Waals surface area contributed by atoms with Crippen molar-refractivity contribution in [1.82, 2.24) is 0 Å². The second kappa shape index (κ2) is 6.60. The summed E-state index contributed by atoms with van der Waals surface area (Å²) < 4.78 is 1.00. The van der Waals surface area contributed by atoms with E-state index in [1.54, 1.807) is 16.7 Å². The molecule has 0 spiro atoms. The lowest BCUT2D eigenvalue weighted by molar-refractivity contribution is -0.897. The van der Waals surface area contributed by atoms with E-state index in [2.05, 4.69) is 87.9 Å². The number of hydrogen-bond donors (Lipinski definition) is 0. The lowest BCUT2D eigenvalue weighted by Gasteiger charge is -2.43. The monoisotopic (exact) mass is 368 g/mol. The second-order valence-corrected chi connectivity index (χ2v) is 9.42. The van der Waals surface area contributed by atoms with E-state index < -0.39 is 0 Å². The predicted octanol–water partition coefficient (Wildman–Crippen LogP) is 5.95. The van der Waals surface area contributed by atoms with Crippen molar-refractivity contribution >= 4 is 16.8 Å². The first-order chi connectivity index (χ1) is 13.5. The van der Waals surface area contributed by atoms with E-state index in [-0.39, 0.29) is 0 Å². The third-order valence-corrected chi connectivity index (χ3v) is 6.90. The van der Waals surface area contributed by atoms with Crippen LogP contribution < -0.4 is 0 Å². The summed E-state index contributed by atoms with van der Waals surface area (Å²) in [5, 5.41) is 2.96. The Morgan fingerprint density at radius 2 is 1.61 bits per heavy atom. The molecule has 0 N–H and O–H groups in total. The molecule has 5 rings (SSSR count). The number of quaternary nitrogens is 1. The Bertz CT molecular complexity index is 1050. The number of likely N-dealkylation sites (N-methyl/N-ethyl adjacent to an activating group) is 1. The largest absolute Gasteiger partial charge is 0.328 e. The van der Waals surface area contributed by atoms with Crippen LogP contribution in [0.2, 0.25) is 0 Å². The van der Waals surface area contributed by atoms with Crippen molar-refractivity contribution in [2.75, 3.05) is 21.1 Å². The average molecular weight is 369 g/mol. The third-order valence-electron chi connectivity index (χ3n) is 6.90. The molecule has 0 heterocycles. The SMILES string of the molecule is C[N+](C)(C)C1CCc2ccc3c4c(ccc3c2C1c1ccccc1)C=CCC4. The van der Waals surface area contributed by atoms with Crippen LogP contribution in [0.15, 0.2) is 60.7 Å². The first-order valence-corrected chi connectivity index (χ1v) is 10.6. The minimum atomic E-state index is 0.450. The molecule has 0 radical (unpaired) electrons. The van der Waals surface area contributed by atoms with E-state index in [1.807, 2.05) is 0 Å². The molecular formula is C27H30N+. The zero-order valence-electron chi connectivity index (χ0n) is 17.3. The second-order valence-electron chi connectivity index (χ2n) is 9.42. The smallest absolute Gasteiger partial charge is 0.0998 e. The average Bonchev–Trinajstić information content (AvgIpc) is 2.72. The minimum absolute atomic E-state index is 0.450. The fraction of sp³-hybridized carbons (Fsp3) is 0.333. The summed E-state index contributed by atoms with van der Waals surface area (Å²) in [5.74, 6) is 0.450. The van der Waals surface area contributed by atoms with Gasteiger partial charge < -0.3 is 4.48 Å². The van der Waals surface area contributed by atoms with Gasteiger partial charge in [0.05, 0.1) is 33.1 Å². The summed E-state index contributed by atoms with van der Waals surface area (Å²) in [6.07, 6.45) is 9.37. The normalized spacial score (nSPS) is 21.4. The van der Waals surface area contributed by atoms with Gasteiger partial charge >= 0.3 is 0 Å². The van der Waals surface area contributed by atoms with Crippen LogP contribution in [0.3, 0.4) is 0 Å². The number of fused-ring (bicyclic) bond motifs is 5. The highest BCUT2D eigenvalue weighted by Gasteiger charge is 2.39. The molecule has 0 saturated carbocycles. The van der Waals surface area contributed by atoms with Crippen molar-refractivity contribution < 1.29 is 4.48 Å². The highest BCUT2D eigenvalue weighted by atomic mass is 15.3.